The van der Waals surface area contributed by atoms with E-state index in [9.17, 15) is 14.0 Å². The summed E-state index contributed by atoms with van der Waals surface area (Å²) in [5.41, 5.74) is 0.920. The average Bonchev–Trinajstić information content (AvgIpc) is 2.34. The second-order valence-electron chi connectivity index (χ2n) is 4.14. The molecule has 6 heteroatoms. The SMILES string of the molecule is CCN(CCC(=O)O)C(=O)Nc1cc(C)ccc1F. The van der Waals surface area contributed by atoms with Crippen molar-refractivity contribution < 1.29 is 19.1 Å². The van der Waals surface area contributed by atoms with E-state index >= 15 is 0 Å². The predicted molar refractivity (Wildman–Crippen MR) is 69.7 cm³/mol. The topological polar surface area (TPSA) is 69.6 Å². The zero-order chi connectivity index (χ0) is 14.4. The number of carboxylic acids is 1. The first-order valence-electron chi connectivity index (χ1n) is 5.98. The molecule has 19 heavy (non-hydrogen) atoms. The van der Waals surface area contributed by atoms with Gasteiger partial charge < -0.3 is 15.3 Å². The van der Waals surface area contributed by atoms with E-state index in [0.717, 1.165) is 5.56 Å². The first-order chi connectivity index (χ1) is 8.93. The summed E-state index contributed by atoms with van der Waals surface area (Å²) in [5, 5.41) is 11.0. The summed E-state index contributed by atoms with van der Waals surface area (Å²) in [4.78, 5) is 23.7. The van der Waals surface area contributed by atoms with Gasteiger partial charge in [0.25, 0.3) is 0 Å². The Morgan fingerprint density at radius 1 is 1.42 bits per heavy atom. The van der Waals surface area contributed by atoms with Gasteiger partial charge in [0.1, 0.15) is 5.82 Å². The quantitative estimate of drug-likeness (QED) is 0.861. The van der Waals surface area contributed by atoms with Crippen LogP contribution < -0.4 is 5.32 Å². The molecule has 2 amide bonds. The molecule has 0 atom stereocenters. The number of carboxylic acid groups (broad SMARTS) is 1. The van der Waals surface area contributed by atoms with Gasteiger partial charge in [-0.1, -0.05) is 6.07 Å². The van der Waals surface area contributed by atoms with Crippen molar-refractivity contribution in [1.29, 1.82) is 0 Å². The molecule has 5 nitrogen and oxygen atoms in total. The third-order valence-corrected chi connectivity index (χ3v) is 2.63. The second kappa shape index (κ2) is 6.72. The summed E-state index contributed by atoms with van der Waals surface area (Å²) in [7, 11) is 0. The van der Waals surface area contributed by atoms with Crippen LogP contribution in [0.15, 0.2) is 18.2 Å². The Morgan fingerprint density at radius 2 is 2.11 bits per heavy atom. The van der Waals surface area contributed by atoms with E-state index in [4.69, 9.17) is 5.11 Å². The molecule has 1 rings (SSSR count). The molecule has 0 aromatic heterocycles. The van der Waals surface area contributed by atoms with Crippen molar-refractivity contribution in [1.82, 2.24) is 4.90 Å². The number of anilines is 1. The maximum absolute atomic E-state index is 13.5. The fourth-order valence-corrected chi connectivity index (χ4v) is 1.56. The Kier molecular flexibility index (Phi) is 5.29. The number of hydrogen-bond donors (Lipinski definition) is 2. The fraction of sp³-hybridized carbons (Fsp3) is 0.385. The Hall–Kier alpha value is -2.11. The van der Waals surface area contributed by atoms with Crippen LogP contribution >= 0.6 is 0 Å². The third-order valence-electron chi connectivity index (χ3n) is 2.63. The van der Waals surface area contributed by atoms with Crippen LogP contribution in [0, 0.1) is 12.7 Å². The van der Waals surface area contributed by atoms with Crippen LogP contribution in [0.5, 0.6) is 0 Å². The van der Waals surface area contributed by atoms with Gasteiger partial charge in [0.15, 0.2) is 0 Å². The van der Waals surface area contributed by atoms with Crippen molar-refractivity contribution in [2.75, 3.05) is 18.4 Å². The van der Waals surface area contributed by atoms with E-state index in [-0.39, 0.29) is 18.7 Å². The monoisotopic (exact) mass is 268 g/mol. The molecule has 0 bridgehead atoms. The van der Waals surface area contributed by atoms with Gasteiger partial charge in [-0.15, -0.1) is 0 Å². The molecule has 1 aromatic carbocycles. The van der Waals surface area contributed by atoms with Gasteiger partial charge in [-0.05, 0) is 31.5 Å². The first kappa shape index (κ1) is 14.9. The lowest BCUT2D eigenvalue weighted by atomic mass is 10.2. The number of nitrogens with zero attached hydrogens (tertiary/aromatic N) is 1. The Bertz CT molecular complexity index is 477. The highest BCUT2D eigenvalue weighted by Crippen LogP contribution is 2.16. The number of urea groups is 1. The number of aliphatic carboxylic acids is 1. The number of rotatable bonds is 5. The molecule has 104 valence electrons. The Labute approximate surface area is 111 Å². The summed E-state index contributed by atoms with van der Waals surface area (Å²) >= 11 is 0. The van der Waals surface area contributed by atoms with Crippen LogP contribution in [0.4, 0.5) is 14.9 Å². The minimum absolute atomic E-state index is 0.0884. The van der Waals surface area contributed by atoms with E-state index < -0.39 is 17.8 Å². The van der Waals surface area contributed by atoms with Crippen molar-refractivity contribution in [2.24, 2.45) is 0 Å². The average molecular weight is 268 g/mol. The molecule has 0 heterocycles. The second-order valence-corrected chi connectivity index (χ2v) is 4.14. The number of aryl methyl sites for hydroxylation is 1. The van der Waals surface area contributed by atoms with E-state index in [1.165, 1.54) is 17.0 Å². The largest absolute Gasteiger partial charge is 0.481 e. The lowest BCUT2D eigenvalue weighted by Crippen LogP contribution is -2.36. The number of benzene rings is 1. The van der Waals surface area contributed by atoms with Gasteiger partial charge in [-0.2, -0.15) is 0 Å². The van der Waals surface area contributed by atoms with Crippen LogP contribution in [0.2, 0.25) is 0 Å². The van der Waals surface area contributed by atoms with Crippen molar-refractivity contribution >= 4 is 17.7 Å². The van der Waals surface area contributed by atoms with Crippen LogP contribution in [0.1, 0.15) is 18.9 Å². The summed E-state index contributed by atoms with van der Waals surface area (Å²) < 4.78 is 13.5. The standard InChI is InChI=1S/C13H17FN2O3/c1-3-16(7-6-12(17)18)13(19)15-11-8-9(2)4-5-10(11)14/h4-5,8H,3,6-7H2,1-2H3,(H,15,19)(H,17,18). The minimum atomic E-state index is -0.979. The number of nitrogens with one attached hydrogen (secondary N) is 1. The van der Waals surface area contributed by atoms with Crippen LogP contribution in [-0.4, -0.2) is 35.1 Å². The molecule has 0 saturated carbocycles. The molecule has 0 radical (unpaired) electrons. The molecule has 1 aromatic rings. The molecular weight excluding hydrogens is 251 g/mol. The summed E-state index contributed by atoms with van der Waals surface area (Å²) in [6, 6.07) is 3.90. The molecule has 0 saturated heterocycles. The molecule has 0 aliphatic carbocycles. The zero-order valence-corrected chi connectivity index (χ0v) is 10.9. The molecule has 0 aliphatic heterocycles. The molecule has 0 fully saturated rings. The highest BCUT2D eigenvalue weighted by Gasteiger charge is 2.14. The Balaban J connectivity index is 2.71. The Morgan fingerprint density at radius 3 is 2.68 bits per heavy atom. The van der Waals surface area contributed by atoms with Gasteiger partial charge in [-0.25, -0.2) is 9.18 Å². The molecule has 0 spiro atoms. The molecule has 2 N–H and O–H groups in total. The lowest BCUT2D eigenvalue weighted by Gasteiger charge is -2.20. The van der Waals surface area contributed by atoms with Crippen LogP contribution in [0.25, 0.3) is 0 Å². The number of carbonyl (C=O) groups is 2. The highest BCUT2D eigenvalue weighted by molar-refractivity contribution is 5.89. The first-order valence-corrected chi connectivity index (χ1v) is 5.98. The number of halogens is 1. The zero-order valence-electron chi connectivity index (χ0n) is 10.9. The maximum Gasteiger partial charge on any atom is 0.321 e. The number of amides is 2. The number of hydrogen-bond acceptors (Lipinski definition) is 2. The predicted octanol–water partition coefficient (Wildman–Crippen LogP) is 2.46. The van der Waals surface area contributed by atoms with E-state index in [1.54, 1.807) is 19.9 Å². The number of carbonyl (C=O) groups excluding carboxylic acids is 1. The van der Waals surface area contributed by atoms with Crippen molar-refractivity contribution in [3.8, 4) is 0 Å². The van der Waals surface area contributed by atoms with E-state index in [2.05, 4.69) is 5.32 Å². The minimum Gasteiger partial charge on any atom is -0.481 e. The summed E-state index contributed by atoms with van der Waals surface area (Å²) in [6.45, 7) is 3.96. The highest BCUT2D eigenvalue weighted by atomic mass is 19.1. The van der Waals surface area contributed by atoms with Crippen LogP contribution in [-0.2, 0) is 4.79 Å². The third kappa shape index (κ3) is 4.57. The van der Waals surface area contributed by atoms with E-state index in [1.807, 2.05) is 0 Å². The fourth-order valence-electron chi connectivity index (χ4n) is 1.56. The van der Waals surface area contributed by atoms with E-state index in [0.29, 0.717) is 6.54 Å². The van der Waals surface area contributed by atoms with Crippen molar-refractivity contribution in [3.05, 3.63) is 29.6 Å². The van der Waals surface area contributed by atoms with Gasteiger partial charge in [0, 0.05) is 13.1 Å². The van der Waals surface area contributed by atoms with Crippen molar-refractivity contribution in [2.45, 2.75) is 20.3 Å². The van der Waals surface area contributed by atoms with Gasteiger partial charge in [0.05, 0.1) is 12.1 Å². The van der Waals surface area contributed by atoms with Gasteiger partial charge in [0.2, 0.25) is 0 Å². The van der Waals surface area contributed by atoms with Crippen molar-refractivity contribution in [3.63, 3.8) is 0 Å². The molecular formula is C13H17FN2O3. The maximum atomic E-state index is 13.5. The smallest absolute Gasteiger partial charge is 0.321 e. The van der Waals surface area contributed by atoms with Gasteiger partial charge in [-0.3, -0.25) is 4.79 Å². The van der Waals surface area contributed by atoms with Crippen LogP contribution in [0.3, 0.4) is 0 Å². The summed E-state index contributed by atoms with van der Waals surface area (Å²) in [6.07, 6.45) is -0.141. The lowest BCUT2D eigenvalue weighted by molar-refractivity contribution is -0.137. The molecule has 0 aliphatic rings. The molecule has 0 unspecified atom stereocenters. The van der Waals surface area contributed by atoms with Gasteiger partial charge >= 0.3 is 12.0 Å². The summed E-state index contributed by atoms with van der Waals surface area (Å²) in [5.74, 6) is -1.50. The normalized spacial score (nSPS) is 10.1.